The Labute approximate surface area is 104 Å². The Morgan fingerprint density at radius 2 is 2.11 bits per heavy atom. The predicted octanol–water partition coefficient (Wildman–Crippen LogP) is -3.46. The van der Waals surface area contributed by atoms with E-state index in [1.807, 2.05) is 0 Å². The minimum absolute atomic E-state index is 0.317. The molecular weight excluding hydrogens is 267 g/mol. The molecule has 1 aliphatic rings. The van der Waals surface area contributed by atoms with Crippen LogP contribution in [0.25, 0.3) is 0 Å². The summed E-state index contributed by atoms with van der Waals surface area (Å²) in [6.45, 7) is -0.576. The van der Waals surface area contributed by atoms with Crippen molar-refractivity contribution in [3.8, 4) is 0 Å². The second kappa shape index (κ2) is 5.09. The van der Waals surface area contributed by atoms with Crippen molar-refractivity contribution >= 4 is 0 Å². The van der Waals surface area contributed by atoms with Gasteiger partial charge in [0, 0.05) is 0 Å². The summed E-state index contributed by atoms with van der Waals surface area (Å²) in [5, 5.41) is 27.8. The van der Waals surface area contributed by atoms with E-state index >= 15 is 0 Å². The standard InChI is InChI=1S/C9H11FN2O7/c10-3-1-12(9(17)11-7(3)16)19-8-6(15)5(14)4(2-13)18-8/h1,4-6,8,13-15H,2H2,(H,11,16,17)/t4-,5-,6-,8-/m1/s1. The quantitative estimate of drug-likeness (QED) is 0.451. The van der Waals surface area contributed by atoms with Gasteiger partial charge in [-0.3, -0.25) is 9.78 Å². The maximum absolute atomic E-state index is 13.0. The molecule has 106 valence electrons. The van der Waals surface area contributed by atoms with E-state index in [-0.39, 0.29) is 0 Å². The first kappa shape index (κ1) is 13.7. The number of aliphatic hydroxyl groups excluding tert-OH is 3. The van der Waals surface area contributed by atoms with Gasteiger partial charge in [0.1, 0.15) is 18.3 Å². The van der Waals surface area contributed by atoms with Gasteiger partial charge in [0.2, 0.25) is 5.82 Å². The molecule has 1 saturated heterocycles. The molecule has 2 heterocycles. The van der Waals surface area contributed by atoms with Crippen LogP contribution in [0.15, 0.2) is 15.8 Å². The Hall–Kier alpha value is -1.75. The number of nitrogens with one attached hydrogen (secondary N) is 1. The van der Waals surface area contributed by atoms with Crippen LogP contribution in [0.4, 0.5) is 4.39 Å². The number of hydrogen-bond donors (Lipinski definition) is 4. The van der Waals surface area contributed by atoms with E-state index in [2.05, 4.69) is 0 Å². The van der Waals surface area contributed by atoms with Crippen molar-refractivity contribution in [3.05, 3.63) is 32.9 Å². The van der Waals surface area contributed by atoms with Crippen molar-refractivity contribution < 1.29 is 29.3 Å². The molecule has 0 saturated carbocycles. The van der Waals surface area contributed by atoms with Crippen LogP contribution in [0.3, 0.4) is 0 Å². The number of aromatic amines is 1. The highest BCUT2D eigenvalue weighted by molar-refractivity contribution is 4.88. The first-order chi connectivity index (χ1) is 8.93. The highest BCUT2D eigenvalue weighted by Crippen LogP contribution is 2.19. The summed E-state index contributed by atoms with van der Waals surface area (Å²) in [5.41, 5.74) is -2.30. The van der Waals surface area contributed by atoms with Crippen molar-refractivity contribution in [1.82, 2.24) is 9.71 Å². The lowest BCUT2D eigenvalue weighted by Crippen LogP contribution is -2.43. The second-order valence-corrected chi connectivity index (χ2v) is 3.87. The Kier molecular flexibility index (Phi) is 3.66. The van der Waals surface area contributed by atoms with Crippen molar-refractivity contribution in [3.63, 3.8) is 0 Å². The lowest BCUT2D eigenvalue weighted by molar-refractivity contribution is -0.174. The molecule has 19 heavy (non-hydrogen) atoms. The summed E-state index contributed by atoms with van der Waals surface area (Å²) in [4.78, 5) is 28.5. The molecule has 0 amide bonds. The zero-order chi connectivity index (χ0) is 14.2. The summed E-state index contributed by atoms with van der Waals surface area (Å²) in [7, 11) is 0. The highest BCUT2D eigenvalue weighted by atomic mass is 19.1. The number of aromatic nitrogens is 2. The van der Waals surface area contributed by atoms with Gasteiger partial charge in [-0.2, -0.15) is 4.39 Å². The molecular formula is C9H11FN2O7. The third-order valence-electron chi connectivity index (χ3n) is 2.58. The fraction of sp³-hybridized carbons (Fsp3) is 0.556. The summed E-state index contributed by atoms with van der Waals surface area (Å²) in [5.74, 6) is -1.27. The molecule has 1 aliphatic heterocycles. The number of aliphatic hydroxyl groups is 3. The van der Waals surface area contributed by atoms with Crippen LogP contribution < -0.4 is 16.1 Å². The molecule has 4 atom stereocenters. The largest absolute Gasteiger partial charge is 0.394 e. The Morgan fingerprint density at radius 1 is 1.42 bits per heavy atom. The van der Waals surface area contributed by atoms with E-state index in [1.54, 1.807) is 4.98 Å². The first-order valence-electron chi connectivity index (χ1n) is 5.25. The number of halogens is 1. The van der Waals surface area contributed by atoms with E-state index in [0.29, 0.717) is 10.9 Å². The Balaban J connectivity index is 2.21. The van der Waals surface area contributed by atoms with Gasteiger partial charge < -0.3 is 24.9 Å². The van der Waals surface area contributed by atoms with Crippen LogP contribution in [-0.4, -0.2) is 56.2 Å². The van der Waals surface area contributed by atoms with Crippen LogP contribution >= 0.6 is 0 Å². The van der Waals surface area contributed by atoms with Gasteiger partial charge in [0.05, 0.1) is 12.8 Å². The summed E-state index contributed by atoms with van der Waals surface area (Å²) in [6, 6.07) is 0. The molecule has 0 radical (unpaired) electrons. The molecule has 1 aromatic rings. The second-order valence-electron chi connectivity index (χ2n) is 3.87. The summed E-state index contributed by atoms with van der Waals surface area (Å²) >= 11 is 0. The third kappa shape index (κ3) is 2.51. The molecule has 2 rings (SSSR count). The number of ether oxygens (including phenoxy) is 1. The van der Waals surface area contributed by atoms with E-state index in [4.69, 9.17) is 14.7 Å². The van der Waals surface area contributed by atoms with E-state index in [1.165, 1.54) is 0 Å². The smallest absolute Gasteiger partial charge is 0.361 e. The van der Waals surface area contributed by atoms with Crippen molar-refractivity contribution in [1.29, 1.82) is 0 Å². The van der Waals surface area contributed by atoms with Crippen LogP contribution in [-0.2, 0) is 4.74 Å². The lowest BCUT2D eigenvalue weighted by atomic mass is 10.1. The van der Waals surface area contributed by atoms with Gasteiger partial charge in [-0.15, -0.1) is 4.73 Å². The van der Waals surface area contributed by atoms with Gasteiger partial charge in [-0.05, 0) is 0 Å². The lowest BCUT2D eigenvalue weighted by Gasteiger charge is -2.16. The zero-order valence-electron chi connectivity index (χ0n) is 9.39. The summed E-state index contributed by atoms with van der Waals surface area (Å²) in [6.07, 6.45) is -5.08. The van der Waals surface area contributed by atoms with Crippen molar-refractivity contribution in [2.24, 2.45) is 0 Å². The van der Waals surface area contributed by atoms with Crippen LogP contribution in [0.5, 0.6) is 0 Å². The molecule has 10 heteroatoms. The number of H-pyrrole nitrogens is 1. The Bertz CT molecular complexity index is 570. The minimum Gasteiger partial charge on any atom is -0.394 e. The SMILES string of the molecule is O=c1[nH]c(=O)n(O[C@H]2O[C@H](CO)[C@@H](O)[C@H]2O)cc1F. The first-order valence-corrected chi connectivity index (χ1v) is 5.25. The third-order valence-corrected chi connectivity index (χ3v) is 2.58. The van der Waals surface area contributed by atoms with Crippen LogP contribution in [0, 0.1) is 5.82 Å². The van der Waals surface area contributed by atoms with Gasteiger partial charge in [-0.25, -0.2) is 4.79 Å². The number of rotatable bonds is 3. The van der Waals surface area contributed by atoms with E-state index in [0.717, 1.165) is 0 Å². The van der Waals surface area contributed by atoms with Gasteiger partial charge >= 0.3 is 5.69 Å². The molecule has 1 aromatic heterocycles. The summed E-state index contributed by atoms with van der Waals surface area (Å²) < 4.78 is 18.2. The number of hydrogen-bond acceptors (Lipinski definition) is 7. The molecule has 1 fully saturated rings. The van der Waals surface area contributed by atoms with Crippen molar-refractivity contribution in [2.45, 2.75) is 24.6 Å². The number of nitrogens with zero attached hydrogens (tertiary/aromatic N) is 1. The maximum Gasteiger partial charge on any atom is 0.361 e. The highest BCUT2D eigenvalue weighted by Gasteiger charge is 2.44. The molecule has 0 spiro atoms. The monoisotopic (exact) mass is 278 g/mol. The van der Waals surface area contributed by atoms with Crippen LogP contribution in [0.2, 0.25) is 0 Å². The van der Waals surface area contributed by atoms with Crippen LogP contribution in [0.1, 0.15) is 0 Å². The molecule has 0 bridgehead atoms. The van der Waals surface area contributed by atoms with Gasteiger partial charge in [0.15, 0.2) is 0 Å². The topological polar surface area (TPSA) is 134 Å². The maximum atomic E-state index is 13.0. The normalized spacial score (nSPS) is 30.5. The minimum atomic E-state index is -1.54. The molecule has 0 aromatic carbocycles. The average Bonchev–Trinajstić information content (AvgIpc) is 2.63. The molecule has 4 N–H and O–H groups in total. The average molecular weight is 278 g/mol. The zero-order valence-corrected chi connectivity index (χ0v) is 9.39. The van der Waals surface area contributed by atoms with Gasteiger partial charge in [0.25, 0.3) is 11.8 Å². The Morgan fingerprint density at radius 3 is 2.68 bits per heavy atom. The van der Waals surface area contributed by atoms with Gasteiger partial charge in [-0.1, -0.05) is 0 Å². The van der Waals surface area contributed by atoms with E-state index in [9.17, 15) is 24.2 Å². The molecule has 0 unspecified atom stereocenters. The predicted molar refractivity (Wildman–Crippen MR) is 55.6 cm³/mol. The van der Waals surface area contributed by atoms with E-state index < -0.39 is 48.3 Å². The molecule has 0 aliphatic carbocycles. The fourth-order valence-electron chi connectivity index (χ4n) is 1.57. The fourth-order valence-corrected chi connectivity index (χ4v) is 1.57. The van der Waals surface area contributed by atoms with Crippen molar-refractivity contribution in [2.75, 3.05) is 6.61 Å². The molecule has 9 nitrogen and oxygen atoms in total.